The van der Waals surface area contributed by atoms with E-state index in [9.17, 15) is 14.7 Å². The van der Waals surface area contributed by atoms with Crippen molar-refractivity contribution in [1.82, 2.24) is 4.90 Å². The number of urea groups is 1. The zero-order valence-electron chi connectivity index (χ0n) is 10.5. The first-order valence-electron chi connectivity index (χ1n) is 5.93. The number of carbonyl (C=O) groups excluding carboxylic acids is 1. The highest BCUT2D eigenvalue weighted by atomic mass is 79.9. The van der Waals surface area contributed by atoms with Crippen LogP contribution in [0.1, 0.15) is 6.42 Å². The maximum atomic E-state index is 12.2. The second-order valence-electron chi connectivity index (χ2n) is 4.55. The van der Waals surface area contributed by atoms with E-state index in [0.717, 1.165) is 4.90 Å². The molecule has 1 aliphatic heterocycles. The predicted octanol–water partition coefficient (Wildman–Crippen LogP) is 2.81. The van der Waals surface area contributed by atoms with E-state index in [1.54, 1.807) is 12.1 Å². The lowest BCUT2D eigenvalue weighted by Crippen LogP contribution is -2.43. The molecule has 3 N–H and O–H groups in total. The number of anilines is 1. The minimum Gasteiger partial charge on any atom is -0.480 e. The number of aliphatic hydroxyl groups is 1. The number of carboxylic acid groups (broad SMARTS) is 1. The summed E-state index contributed by atoms with van der Waals surface area (Å²) in [6.45, 7) is -0.0509. The van der Waals surface area contributed by atoms with Gasteiger partial charge in [-0.15, -0.1) is 0 Å². The molecule has 1 heterocycles. The lowest BCUT2D eigenvalue weighted by Gasteiger charge is -2.22. The molecule has 0 aliphatic carbocycles. The van der Waals surface area contributed by atoms with Crippen LogP contribution in [0.5, 0.6) is 0 Å². The van der Waals surface area contributed by atoms with Crippen LogP contribution in [0, 0.1) is 0 Å². The third kappa shape index (κ3) is 3.42. The first kappa shape index (κ1) is 16.4. The number of halogens is 3. The van der Waals surface area contributed by atoms with Crippen LogP contribution in [-0.2, 0) is 4.79 Å². The van der Waals surface area contributed by atoms with Crippen molar-refractivity contribution in [3.8, 4) is 0 Å². The zero-order chi connectivity index (χ0) is 15.7. The number of aliphatic carboxylic acids is 1. The SMILES string of the molecule is O=C(O)[C@@H]1CC(O)CN1C(=O)Nc1ccc(Br)c(Cl)c1Cl. The molecule has 0 saturated carbocycles. The van der Waals surface area contributed by atoms with Crippen LogP contribution >= 0.6 is 39.1 Å². The van der Waals surface area contributed by atoms with Crippen molar-refractivity contribution in [2.75, 3.05) is 11.9 Å². The summed E-state index contributed by atoms with van der Waals surface area (Å²) >= 11 is 15.2. The van der Waals surface area contributed by atoms with Gasteiger partial charge in [0.1, 0.15) is 6.04 Å². The van der Waals surface area contributed by atoms with Gasteiger partial charge >= 0.3 is 12.0 Å². The van der Waals surface area contributed by atoms with Crippen molar-refractivity contribution in [3.05, 3.63) is 26.7 Å². The van der Waals surface area contributed by atoms with E-state index in [4.69, 9.17) is 28.3 Å². The van der Waals surface area contributed by atoms with Gasteiger partial charge in [0.2, 0.25) is 0 Å². The van der Waals surface area contributed by atoms with E-state index < -0.39 is 24.1 Å². The highest BCUT2D eigenvalue weighted by Gasteiger charge is 2.39. The molecule has 1 aromatic rings. The topological polar surface area (TPSA) is 89.9 Å². The molecule has 21 heavy (non-hydrogen) atoms. The molecule has 1 aliphatic rings. The summed E-state index contributed by atoms with van der Waals surface area (Å²) in [7, 11) is 0. The summed E-state index contributed by atoms with van der Waals surface area (Å²) in [5.41, 5.74) is 0.264. The molecule has 1 fully saturated rings. The molecule has 6 nitrogen and oxygen atoms in total. The normalized spacial score (nSPS) is 21.4. The lowest BCUT2D eigenvalue weighted by molar-refractivity contribution is -0.141. The number of hydrogen-bond donors (Lipinski definition) is 3. The molecular formula is C12H11BrCl2N2O4. The van der Waals surface area contributed by atoms with Crippen LogP contribution in [0.3, 0.4) is 0 Å². The van der Waals surface area contributed by atoms with Crippen LogP contribution in [0.4, 0.5) is 10.5 Å². The maximum absolute atomic E-state index is 12.2. The summed E-state index contributed by atoms with van der Waals surface area (Å²) in [5.74, 6) is -1.17. The highest BCUT2D eigenvalue weighted by Crippen LogP contribution is 2.36. The van der Waals surface area contributed by atoms with Gasteiger partial charge in [-0.3, -0.25) is 0 Å². The Labute approximate surface area is 138 Å². The largest absolute Gasteiger partial charge is 0.480 e. The van der Waals surface area contributed by atoms with E-state index in [1.165, 1.54) is 0 Å². The molecule has 1 unspecified atom stereocenters. The Balaban J connectivity index is 2.18. The number of rotatable bonds is 2. The second-order valence-corrected chi connectivity index (χ2v) is 6.16. The molecule has 114 valence electrons. The van der Waals surface area contributed by atoms with Crippen molar-refractivity contribution in [2.24, 2.45) is 0 Å². The van der Waals surface area contributed by atoms with Crippen LogP contribution in [0.2, 0.25) is 10.0 Å². The Morgan fingerprint density at radius 3 is 2.62 bits per heavy atom. The minimum atomic E-state index is -1.17. The number of benzene rings is 1. The smallest absolute Gasteiger partial charge is 0.326 e. The molecule has 2 amide bonds. The van der Waals surface area contributed by atoms with Gasteiger partial charge in [0.15, 0.2) is 0 Å². The molecule has 1 aromatic carbocycles. The van der Waals surface area contributed by atoms with E-state index >= 15 is 0 Å². The fraction of sp³-hybridized carbons (Fsp3) is 0.333. The Kier molecular flexibility index (Phi) is 4.98. The quantitative estimate of drug-likeness (QED) is 0.669. The fourth-order valence-corrected chi connectivity index (χ4v) is 2.90. The number of likely N-dealkylation sites (tertiary alicyclic amines) is 1. The van der Waals surface area contributed by atoms with Gasteiger partial charge in [-0.25, -0.2) is 9.59 Å². The molecule has 9 heteroatoms. The minimum absolute atomic E-state index is 0.00240. The first-order valence-corrected chi connectivity index (χ1v) is 7.48. The summed E-state index contributed by atoms with van der Waals surface area (Å²) in [5, 5.41) is 21.5. The predicted molar refractivity (Wildman–Crippen MR) is 81.9 cm³/mol. The van der Waals surface area contributed by atoms with Gasteiger partial charge in [-0.1, -0.05) is 23.2 Å². The standard InChI is InChI=1S/C12H11BrCl2N2O4/c13-6-1-2-7(10(15)9(6)14)16-12(21)17-4-5(18)3-8(17)11(19)20/h1-2,5,8,18H,3-4H2,(H,16,21)(H,19,20)/t5?,8-/m0/s1. The number of aliphatic hydroxyl groups excluding tert-OH is 1. The van der Waals surface area contributed by atoms with Crippen molar-refractivity contribution in [1.29, 1.82) is 0 Å². The van der Waals surface area contributed by atoms with Crippen molar-refractivity contribution in [3.63, 3.8) is 0 Å². The van der Waals surface area contributed by atoms with Gasteiger partial charge in [-0.05, 0) is 28.1 Å². The number of nitrogens with zero attached hydrogens (tertiary/aromatic N) is 1. The summed E-state index contributed by atoms with van der Waals surface area (Å²) in [6, 6.07) is 1.43. The number of nitrogens with one attached hydrogen (secondary N) is 1. The molecule has 2 rings (SSSR count). The van der Waals surface area contributed by atoms with E-state index in [0.29, 0.717) is 4.47 Å². The van der Waals surface area contributed by atoms with Gasteiger partial charge in [0, 0.05) is 17.4 Å². The van der Waals surface area contributed by atoms with E-state index in [-0.39, 0.29) is 28.7 Å². The molecule has 0 bridgehead atoms. The molecule has 0 aromatic heterocycles. The number of β-amino-alcohol motifs (C(OH)–C–C–N with tert-alkyl or cyclic N) is 1. The Bertz CT molecular complexity index is 599. The van der Waals surface area contributed by atoms with Gasteiger partial charge in [0.25, 0.3) is 0 Å². The molecular weight excluding hydrogens is 387 g/mol. The Morgan fingerprint density at radius 1 is 1.33 bits per heavy atom. The number of carbonyl (C=O) groups is 2. The Hall–Kier alpha value is -1.02. The third-order valence-corrected chi connectivity index (χ3v) is 4.87. The van der Waals surface area contributed by atoms with E-state index in [1.807, 2.05) is 0 Å². The monoisotopic (exact) mass is 396 g/mol. The third-order valence-electron chi connectivity index (χ3n) is 3.10. The maximum Gasteiger partial charge on any atom is 0.326 e. The number of amides is 2. The van der Waals surface area contributed by atoms with Gasteiger partial charge in [0.05, 0.1) is 21.8 Å². The molecule has 0 spiro atoms. The second kappa shape index (κ2) is 6.39. The lowest BCUT2D eigenvalue weighted by atomic mass is 10.2. The summed E-state index contributed by atoms with van der Waals surface area (Å²) < 4.78 is 0.576. The van der Waals surface area contributed by atoms with Crippen LogP contribution in [0.15, 0.2) is 16.6 Å². The summed E-state index contributed by atoms with van der Waals surface area (Å²) in [4.78, 5) is 24.3. The van der Waals surface area contributed by atoms with Crippen LogP contribution < -0.4 is 5.32 Å². The summed E-state index contributed by atoms with van der Waals surface area (Å²) in [6.07, 6.45) is -0.863. The van der Waals surface area contributed by atoms with Crippen LogP contribution in [-0.4, -0.2) is 45.8 Å². The van der Waals surface area contributed by atoms with Gasteiger partial charge in [-0.2, -0.15) is 0 Å². The fourth-order valence-electron chi connectivity index (χ4n) is 2.08. The van der Waals surface area contributed by atoms with Crippen molar-refractivity contribution >= 4 is 56.8 Å². The average molecular weight is 398 g/mol. The van der Waals surface area contributed by atoms with E-state index in [2.05, 4.69) is 21.2 Å². The Morgan fingerprint density at radius 2 is 2.00 bits per heavy atom. The highest BCUT2D eigenvalue weighted by molar-refractivity contribution is 9.10. The molecule has 2 atom stereocenters. The molecule has 1 saturated heterocycles. The van der Waals surface area contributed by atoms with Crippen LogP contribution in [0.25, 0.3) is 0 Å². The van der Waals surface area contributed by atoms with Crippen molar-refractivity contribution < 1.29 is 19.8 Å². The van der Waals surface area contributed by atoms with Crippen molar-refractivity contribution in [2.45, 2.75) is 18.6 Å². The zero-order valence-corrected chi connectivity index (χ0v) is 13.6. The first-order chi connectivity index (χ1) is 9.81. The molecule has 0 radical (unpaired) electrons. The average Bonchev–Trinajstić information content (AvgIpc) is 2.82. The number of carboxylic acids is 1. The van der Waals surface area contributed by atoms with Gasteiger partial charge < -0.3 is 20.4 Å². The number of hydrogen-bond acceptors (Lipinski definition) is 3.